The van der Waals surface area contributed by atoms with Crippen LogP contribution in [0.2, 0.25) is 0 Å². The molecule has 0 saturated carbocycles. The Morgan fingerprint density at radius 1 is 1.29 bits per heavy atom. The number of ketones is 1. The van der Waals surface area contributed by atoms with E-state index in [1.807, 2.05) is 0 Å². The van der Waals surface area contributed by atoms with Gasteiger partial charge in [0, 0.05) is 6.42 Å². The molecule has 1 unspecified atom stereocenters. The van der Waals surface area contributed by atoms with Crippen LogP contribution in [0, 0.1) is 0 Å². The highest BCUT2D eigenvalue weighted by Crippen LogP contribution is 2.29. The molecule has 2 nitrogen and oxygen atoms in total. The first-order valence-corrected chi connectivity index (χ1v) is 5.21. The maximum absolute atomic E-state index is 12.3. The first-order chi connectivity index (χ1) is 7.84. The van der Waals surface area contributed by atoms with Gasteiger partial charge in [0.2, 0.25) is 0 Å². The van der Waals surface area contributed by atoms with Crippen LogP contribution in [0.4, 0.5) is 13.2 Å². The molecule has 0 amide bonds. The van der Waals surface area contributed by atoms with Gasteiger partial charge in [0.05, 0.1) is 5.56 Å². The Hall–Kier alpha value is -1.36. The molecule has 1 aromatic carbocycles. The van der Waals surface area contributed by atoms with Gasteiger partial charge in [-0.1, -0.05) is 19.1 Å². The largest absolute Gasteiger partial charge is 0.416 e. The van der Waals surface area contributed by atoms with Crippen molar-refractivity contribution in [2.45, 2.75) is 32.0 Å². The van der Waals surface area contributed by atoms with Gasteiger partial charge in [0.1, 0.15) is 6.10 Å². The van der Waals surface area contributed by atoms with E-state index in [0.717, 1.165) is 12.1 Å². The fraction of sp³-hybridized carbons (Fsp3) is 0.417. The molecule has 0 aliphatic heterocycles. The van der Waals surface area contributed by atoms with Crippen molar-refractivity contribution in [3.05, 3.63) is 35.4 Å². The summed E-state index contributed by atoms with van der Waals surface area (Å²) in [4.78, 5) is 11.4. The van der Waals surface area contributed by atoms with E-state index >= 15 is 0 Å². The average molecular weight is 246 g/mol. The lowest BCUT2D eigenvalue weighted by molar-refractivity contribution is -0.137. The monoisotopic (exact) mass is 246 g/mol. The van der Waals surface area contributed by atoms with Crippen LogP contribution in [-0.2, 0) is 17.4 Å². The Bertz CT molecular complexity index is 382. The lowest BCUT2D eigenvalue weighted by Gasteiger charge is -2.09. The summed E-state index contributed by atoms with van der Waals surface area (Å²) < 4.78 is 36.8. The lowest BCUT2D eigenvalue weighted by atomic mass is 10.0. The van der Waals surface area contributed by atoms with Crippen LogP contribution in [0.25, 0.3) is 0 Å². The molecule has 0 aromatic heterocycles. The van der Waals surface area contributed by atoms with Crippen LogP contribution in [0.5, 0.6) is 0 Å². The Labute approximate surface area is 97.1 Å². The highest BCUT2D eigenvalue weighted by Gasteiger charge is 2.30. The summed E-state index contributed by atoms with van der Waals surface area (Å²) in [5.74, 6) is -0.382. The van der Waals surface area contributed by atoms with Crippen LogP contribution in [-0.4, -0.2) is 17.0 Å². The molecule has 1 N–H and O–H groups in total. The van der Waals surface area contributed by atoms with Crippen LogP contribution < -0.4 is 0 Å². The standard InChI is InChI=1S/C12H13F3O2/c1-2-10(16)11(17)7-8-3-5-9(6-4-8)12(13,14)15/h3-6,10,16H,2,7H2,1H3. The molecule has 5 heteroatoms. The van der Waals surface area contributed by atoms with E-state index < -0.39 is 17.8 Å². The highest BCUT2D eigenvalue weighted by atomic mass is 19.4. The summed E-state index contributed by atoms with van der Waals surface area (Å²) >= 11 is 0. The normalized spacial score (nSPS) is 13.5. The summed E-state index contributed by atoms with van der Waals surface area (Å²) in [5.41, 5.74) is -0.278. The molecule has 0 fully saturated rings. The van der Waals surface area contributed by atoms with E-state index in [4.69, 9.17) is 0 Å². The smallest absolute Gasteiger partial charge is 0.385 e. The number of rotatable bonds is 4. The Morgan fingerprint density at radius 2 is 1.82 bits per heavy atom. The summed E-state index contributed by atoms with van der Waals surface area (Å²) in [5, 5.41) is 9.24. The zero-order valence-corrected chi connectivity index (χ0v) is 9.29. The van der Waals surface area contributed by atoms with E-state index in [-0.39, 0.29) is 12.2 Å². The SMILES string of the molecule is CCC(O)C(=O)Cc1ccc(C(F)(F)F)cc1. The van der Waals surface area contributed by atoms with Gasteiger partial charge in [-0.25, -0.2) is 0 Å². The van der Waals surface area contributed by atoms with E-state index in [1.165, 1.54) is 12.1 Å². The van der Waals surface area contributed by atoms with Crippen molar-refractivity contribution < 1.29 is 23.1 Å². The molecule has 0 aliphatic carbocycles. The fourth-order valence-electron chi connectivity index (χ4n) is 1.36. The van der Waals surface area contributed by atoms with Crippen molar-refractivity contribution in [1.29, 1.82) is 0 Å². The minimum atomic E-state index is -4.37. The Morgan fingerprint density at radius 3 is 2.24 bits per heavy atom. The molecule has 94 valence electrons. The Balaban J connectivity index is 2.73. The number of benzene rings is 1. The molecule has 17 heavy (non-hydrogen) atoms. The molecule has 0 bridgehead atoms. The van der Waals surface area contributed by atoms with Crippen molar-refractivity contribution >= 4 is 5.78 Å². The number of aliphatic hydroxyl groups is 1. The Kier molecular flexibility index (Phi) is 4.28. The van der Waals surface area contributed by atoms with Crippen LogP contribution >= 0.6 is 0 Å². The molecular formula is C12H13F3O2. The van der Waals surface area contributed by atoms with Crippen LogP contribution in [0.1, 0.15) is 24.5 Å². The molecule has 0 radical (unpaired) electrons. The lowest BCUT2D eigenvalue weighted by Crippen LogP contribution is -2.21. The third-order valence-electron chi connectivity index (χ3n) is 2.42. The van der Waals surface area contributed by atoms with Gasteiger partial charge in [0.15, 0.2) is 5.78 Å². The topological polar surface area (TPSA) is 37.3 Å². The van der Waals surface area contributed by atoms with Crippen molar-refractivity contribution in [3.8, 4) is 0 Å². The van der Waals surface area contributed by atoms with Crippen molar-refractivity contribution in [3.63, 3.8) is 0 Å². The number of hydrogen-bond donors (Lipinski definition) is 1. The molecule has 0 spiro atoms. The second kappa shape index (κ2) is 5.31. The molecule has 0 heterocycles. The summed E-state index contributed by atoms with van der Waals surface area (Å²) in [6.45, 7) is 1.66. The van der Waals surface area contributed by atoms with Gasteiger partial charge >= 0.3 is 6.18 Å². The number of carbonyl (C=O) groups is 1. The van der Waals surface area contributed by atoms with E-state index in [0.29, 0.717) is 12.0 Å². The highest BCUT2D eigenvalue weighted by molar-refractivity contribution is 5.84. The second-order valence-electron chi connectivity index (χ2n) is 3.76. The number of alkyl halides is 3. The van der Waals surface area contributed by atoms with Gasteiger partial charge in [-0.3, -0.25) is 4.79 Å². The number of halogens is 3. The number of hydrogen-bond acceptors (Lipinski definition) is 2. The zero-order chi connectivity index (χ0) is 13.1. The minimum Gasteiger partial charge on any atom is -0.385 e. The van der Waals surface area contributed by atoms with Crippen LogP contribution in [0.3, 0.4) is 0 Å². The predicted molar refractivity (Wildman–Crippen MR) is 56.5 cm³/mol. The number of aliphatic hydroxyl groups excluding tert-OH is 1. The van der Waals surface area contributed by atoms with Crippen LogP contribution in [0.15, 0.2) is 24.3 Å². The summed E-state index contributed by atoms with van der Waals surface area (Å²) in [6, 6.07) is 4.37. The van der Waals surface area contributed by atoms with Crippen molar-refractivity contribution in [1.82, 2.24) is 0 Å². The molecule has 0 saturated heterocycles. The minimum absolute atomic E-state index is 0.0485. The third-order valence-corrected chi connectivity index (χ3v) is 2.42. The summed E-state index contributed by atoms with van der Waals surface area (Å²) in [7, 11) is 0. The van der Waals surface area contributed by atoms with E-state index in [2.05, 4.69) is 0 Å². The van der Waals surface area contributed by atoms with Crippen molar-refractivity contribution in [2.24, 2.45) is 0 Å². The number of carbonyl (C=O) groups excluding carboxylic acids is 1. The van der Waals surface area contributed by atoms with E-state index in [1.54, 1.807) is 6.92 Å². The van der Waals surface area contributed by atoms with Gasteiger partial charge in [0.25, 0.3) is 0 Å². The molecule has 1 atom stereocenters. The quantitative estimate of drug-likeness (QED) is 0.886. The predicted octanol–water partition coefficient (Wildman–Crippen LogP) is 2.59. The molecule has 1 rings (SSSR count). The molecule has 0 aliphatic rings. The maximum atomic E-state index is 12.3. The molecule has 1 aromatic rings. The van der Waals surface area contributed by atoms with E-state index in [9.17, 15) is 23.1 Å². The third kappa shape index (κ3) is 3.85. The van der Waals surface area contributed by atoms with Gasteiger partial charge in [-0.05, 0) is 24.1 Å². The maximum Gasteiger partial charge on any atom is 0.416 e. The second-order valence-corrected chi connectivity index (χ2v) is 3.76. The van der Waals surface area contributed by atoms with Gasteiger partial charge < -0.3 is 5.11 Å². The first kappa shape index (κ1) is 13.7. The van der Waals surface area contributed by atoms with Gasteiger partial charge in [-0.15, -0.1) is 0 Å². The number of Topliss-reactive ketones (excluding diaryl/α,β-unsaturated/α-hetero) is 1. The first-order valence-electron chi connectivity index (χ1n) is 5.21. The fourth-order valence-corrected chi connectivity index (χ4v) is 1.36. The van der Waals surface area contributed by atoms with Gasteiger partial charge in [-0.2, -0.15) is 13.2 Å². The average Bonchev–Trinajstić information content (AvgIpc) is 2.27. The summed E-state index contributed by atoms with van der Waals surface area (Å²) in [6.07, 6.45) is -5.16. The zero-order valence-electron chi connectivity index (χ0n) is 9.29. The van der Waals surface area contributed by atoms with Crippen molar-refractivity contribution in [2.75, 3.05) is 0 Å². The molecular weight excluding hydrogens is 233 g/mol.